The van der Waals surface area contributed by atoms with Crippen LogP contribution in [0, 0.1) is 0 Å². The average Bonchev–Trinajstić information content (AvgIpc) is 2.64. The van der Waals surface area contributed by atoms with E-state index in [0.29, 0.717) is 23.0 Å². The molecule has 0 unspecified atom stereocenters. The number of aliphatic hydroxyl groups is 1. The van der Waals surface area contributed by atoms with Gasteiger partial charge in [-0.05, 0) is 55.3 Å². The number of hydrogen-bond donors (Lipinski definition) is 2. The van der Waals surface area contributed by atoms with E-state index in [-0.39, 0.29) is 12.6 Å². The zero-order chi connectivity index (χ0) is 20.7. The third-order valence-electron chi connectivity index (χ3n) is 4.27. The quantitative estimate of drug-likeness (QED) is 0.610. The number of halogens is 1. The molecule has 2 aromatic carbocycles. The van der Waals surface area contributed by atoms with Gasteiger partial charge in [0.15, 0.2) is 0 Å². The molecule has 2 rings (SSSR count). The molecule has 0 aliphatic carbocycles. The third-order valence-corrected chi connectivity index (χ3v) is 5.71. The summed E-state index contributed by atoms with van der Waals surface area (Å²) in [6, 6.07) is 14.6. The van der Waals surface area contributed by atoms with E-state index in [9.17, 15) is 13.5 Å². The van der Waals surface area contributed by atoms with Gasteiger partial charge in [-0.25, -0.2) is 8.42 Å². The van der Waals surface area contributed by atoms with Crippen molar-refractivity contribution in [2.75, 3.05) is 30.8 Å². The van der Waals surface area contributed by atoms with E-state index in [0.717, 1.165) is 18.2 Å². The molecular formula is C20H27ClN2O4S. The summed E-state index contributed by atoms with van der Waals surface area (Å²) in [6.07, 6.45) is 1.29. The van der Waals surface area contributed by atoms with E-state index >= 15 is 0 Å². The fourth-order valence-electron chi connectivity index (χ4n) is 2.62. The first-order valence-corrected chi connectivity index (χ1v) is 11.2. The van der Waals surface area contributed by atoms with Crippen LogP contribution in [0.2, 0.25) is 5.02 Å². The second-order valence-electron chi connectivity index (χ2n) is 6.83. The molecule has 6 nitrogen and oxygen atoms in total. The molecule has 0 amide bonds. The summed E-state index contributed by atoms with van der Waals surface area (Å²) in [5, 5.41) is 14.1. The van der Waals surface area contributed by atoms with Gasteiger partial charge in [0, 0.05) is 24.7 Å². The molecular weight excluding hydrogens is 400 g/mol. The molecule has 0 fully saturated rings. The van der Waals surface area contributed by atoms with Gasteiger partial charge in [0.2, 0.25) is 10.0 Å². The smallest absolute Gasteiger partial charge is 0.231 e. The van der Waals surface area contributed by atoms with Crippen molar-refractivity contribution in [1.29, 1.82) is 0 Å². The Bertz CT molecular complexity index is 859. The minimum absolute atomic E-state index is 0.137. The van der Waals surface area contributed by atoms with Crippen LogP contribution < -0.4 is 14.4 Å². The maximum atomic E-state index is 11.5. The van der Waals surface area contributed by atoms with Crippen LogP contribution in [0.4, 0.5) is 5.69 Å². The summed E-state index contributed by atoms with van der Waals surface area (Å²) < 4.78 is 29.8. The first-order valence-electron chi connectivity index (χ1n) is 8.98. The minimum atomic E-state index is -3.30. The lowest BCUT2D eigenvalue weighted by Crippen LogP contribution is -2.37. The fourth-order valence-corrected chi connectivity index (χ4v) is 3.34. The van der Waals surface area contributed by atoms with Gasteiger partial charge < -0.3 is 15.2 Å². The van der Waals surface area contributed by atoms with Crippen molar-refractivity contribution in [1.82, 2.24) is 5.32 Å². The molecule has 2 atom stereocenters. The Kier molecular flexibility index (Phi) is 8.12. The van der Waals surface area contributed by atoms with E-state index in [1.165, 1.54) is 11.4 Å². The van der Waals surface area contributed by atoms with Crippen molar-refractivity contribution < 1.29 is 18.3 Å². The van der Waals surface area contributed by atoms with Gasteiger partial charge in [0.05, 0.1) is 11.9 Å². The molecule has 0 aliphatic heterocycles. The molecule has 2 aromatic rings. The molecule has 0 radical (unpaired) electrons. The number of nitrogens with one attached hydrogen (secondary N) is 1. The molecule has 0 heterocycles. The maximum Gasteiger partial charge on any atom is 0.231 e. The van der Waals surface area contributed by atoms with Gasteiger partial charge in [-0.2, -0.15) is 0 Å². The number of benzene rings is 2. The van der Waals surface area contributed by atoms with Crippen LogP contribution in [0.15, 0.2) is 48.5 Å². The van der Waals surface area contributed by atoms with Crippen LogP contribution in [0.1, 0.15) is 12.5 Å². The summed E-state index contributed by atoms with van der Waals surface area (Å²) in [6.45, 7) is 2.58. The summed E-state index contributed by atoms with van der Waals surface area (Å²) in [7, 11) is -1.81. The second-order valence-corrected chi connectivity index (χ2v) is 9.28. The SMILES string of the molecule is C[C@H](Cc1cccc(Cl)c1)NC[C@H](O)COc1ccc(N(C)S(C)(=O)=O)cc1. The highest BCUT2D eigenvalue weighted by molar-refractivity contribution is 7.92. The average molecular weight is 427 g/mol. The summed E-state index contributed by atoms with van der Waals surface area (Å²) in [4.78, 5) is 0. The van der Waals surface area contributed by atoms with Crippen LogP contribution in [0.3, 0.4) is 0 Å². The second kappa shape index (κ2) is 10.1. The van der Waals surface area contributed by atoms with Gasteiger partial charge in [0.1, 0.15) is 18.5 Å². The first kappa shape index (κ1) is 22.5. The van der Waals surface area contributed by atoms with Crippen LogP contribution in [-0.4, -0.2) is 52.1 Å². The normalized spacial score (nSPS) is 13.8. The molecule has 2 N–H and O–H groups in total. The topological polar surface area (TPSA) is 78.9 Å². The molecule has 0 bridgehead atoms. The van der Waals surface area contributed by atoms with Crippen LogP contribution >= 0.6 is 11.6 Å². The maximum absolute atomic E-state index is 11.5. The van der Waals surface area contributed by atoms with Crippen molar-refractivity contribution in [3.8, 4) is 5.75 Å². The lowest BCUT2D eigenvalue weighted by molar-refractivity contribution is 0.104. The van der Waals surface area contributed by atoms with Gasteiger partial charge in [-0.15, -0.1) is 0 Å². The van der Waals surface area contributed by atoms with Crippen LogP contribution in [0.5, 0.6) is 5.75 Å². The molecule has 28 heavy (non-hydrogen) atoms. The molecule has 0 aliphatic rings. The molecule has 0 spiro atoms. The van der Waals surface area contributed by atoms with Gasteiger partial charge >= 0.3 is 0 Å². The molecule has 0 aromatic heterocycles. The Labute approximate surface area is 172 Å². The monoisotopic (exact) mass is 426 g/mol. The Morgan fingerprint density at radius 1 is 1.21 bits per heavy atom. The Balaban J connectivity index is 1.75. The summed E-state index contributed by atoms with van der Waals surface area (Å²) in [5.41, 5.74) is 1.68. The van der Waals surface area contributed by atoms with E-state index in [1.807, 2.05) is 31.2 Å². The van der Waals surface area contributed by atoms with E-state index in [1.54, 1.807) is 24.3 Å². The number of hydrogen-bond acceptors (Lipinski definition) is 5. The molecule has 154 valence electrons. The summed E-state index contributed by atoms with van der Waals surface area (Å²) >= 11 is 6.00. The lowest BCUT2D eigenvalue weighted by Gasteiger charge is -2.19. The first-order chi connectivity index (χ1) is 13.1. The fraction of sp³-hybridized carbons (Fsp3) is 0.400. The van der Waals surface area contributed by atoms with Crippen LogP contribution in [0.25, 0.3) is 0 Å². The van der Waals surface area contributed by atoms with Crippen molar-refractivity contribution in [3.63, 3.8) is 0 Å². The number of nitrogens with zero attached hydrogens (tertiary/aromatic N) is 1. The zero-order valence-electron chi connectivity index (χ0n) is 16.3. The van der Waals surface area contributed by atoms with Crippen molar-refractivity contribution >= 4 is 27.3 Å². The number of ether oxygens (including phenoxy) is 1. The van der Waals surface area contributed by atoms with Crippen LogP contribution in [-0.2, 0) is 16.4 Å². The number of aliphatic hydroxyl groups excluding tert-OH is 1. The highest BCUT2D eigenvalue weighted by Crippen LogP contribution is 2.20. The number of rotatable bonds is 10. The lowest BCUT2D eigenvalue weighted by atomic mass is 10.1. The van der Waals surface area contributed by atoms with Gasteiger partial charge in [-0.1, -0.05) is 23.7 Å². The minimum Gasteiger partial charge on any atom is -0.491 e. The van der Waals surface area contributed by atoms with E-state index < -0.39 is 16.1 Å². The van der Waals surface area contributed by atoms with Gasteiger partial charge in [0.25, 0.3) is 0 Å². The Morgan fingerprint density at radius 3 is 2.50 bits per heavy atom. The number of sulfonamides is 1. The Morgan fingerprint density at radius 2 is 1.89 bits per heavy atom. The third kappa shape index (κ3) is 7.31. The van der Waals surface area contributed by atoms with E-state index in [2.05, 4.69) is 5.32 Å². The van der Waals surface area contributed by atoms with Crippen molar-refractivity contribution in [2.45, 2.75) is 25.5 Å². The standard InChI is InChI=1S/C20H27ClN2O4S/c1-15(11-16-5-4-6-17(21)12-16)22-13-19(24)14-27-20-9-7-18(8-10-20)23(2)28(3,25)26/h4-10,12,15,19,22,24H,11,13-14H2,1-3H3/t15-,19+/m1/s1. The number of anilines is 1. The predicted molar refractivity (Wildman–Crippen MR) is 114 cm³/mol. The zero-order valence-corrected chi connectivity index (χ0v) is 17.9. The van der Waals surface area contributed by atoms with E-state index in [4.69, 9.17) is 16.3 Å². The predicted octanol–water partition coefficient (Wildman–Crippen LogP) is 2.70. The van der Waals surface area contributed by atoms with Gasteiger partial charge in [-0.3, -0.25) is 4.31 Å². The molecule has 0 saturated carbocycles. The van der Waals surface area contributed by atoms with Crippen molar-refractivity contribution in [3.05, 3.63) is 59.1 Å². The summed E-state index contributed by atoms with van der Waals surface area (Å²) in [5.74, 6) is 0.566. The molecule has 8 heteroatoms. The highest BCUT2D eigenvalue weighted by Gasteiger charge is 2.12. The highest BCUT2D eigenvalue weighted by atomic mass is 35.5. The largest absolute Gasteiger partial charge is 0.491 e. The Hall–Kier alpha value is -1.80. The molecule has 0 saturated heterocycles. The van der Waals surface area contributed by atoms with Crippen molar-refractivity contribution in [2.24, 2.45) is 0 Å².